The van der Waals surface area contributed by atoms with Gasteiger partial charge in [-0.2, -0.15) is 0 Å². The van der Waals surface area contributed by atoms with Crippen molar-refractivity contribution in [2.24, 2.45) is 0 Å². The summed E-state index contributed by atoms with van der Waals surface area (Å²) in [6.45, 7) is 10.9. The van der Waals surface area contributed by atoms with Crippen molar-refractivity contribution in [1.29, 1.82) is 0 Å². The van der Waals surface area contributed by atoms with E-state index >= 15 is 0 Å². The van der Waals surface area contributed by atoms with Crippen LogP contribution in [0.2, 0.25) is 18.6 Å². The van der Waals surface area contributed by atoms with Crippen molar-refractivity contribution in [3.63, 3.8) is 0 Å². The first-order valence-electron chi connectivity index (χ1n) is 5.43. The minimum absolute atomic E-state index is 0.637. The van der Waals surface area contributed by atoms with Crippen LogP contribution in [-0.4, -0.2) is 8.07 Å². The monoisotopic (exact) mass is 216 g/mol. The number of allylic oxidation sites excluding steroid dienone is 3. The molecule has 0 bridgehead atoms. The maximum absolute atomic E-state index is 3.72. The average molecular weight is 216 g/mol. The summed E-state index contributed by atoms with van der Waals surface area (Å²) in [6.07, 6.45) is 6.18. The summed E-state index contributed by atoms with van der Waals surface area (Å²) in [4.78, 5) is 0. The molecule has 15 heavy (non-hydrogen) atoms. The van der Waals surface area contributed by atoms with Crippen molar-refractivity contribution in [3.05, 3.63) is 55.1 Å². The van der Waals surface area contributed by atoms with Crippen molar-refractivity contribution in [2.45, 2.75) is 25.6 Å². The van der Waals surface area contributed by atoms with Gasteiger partial charge in [0.1, 0.15) is 0 Å². The van der Waals surface area contributed by atoms with Gasteiger partial charge in [0.05, 0.1) is 8.07 Å². The molecule has 0 amide bonds. The van der Waals surface area contributed by atoms with E-state index in [2.05, 4.69) is 69.1 Å². The molecule has 0 radical (unpaired) electrons. The summed E-state index contributed by atoms with van der Waals surface area (Å²) in [5.41, 5.74) is 0.637. The summed E-state index contributed by atoms with van der Waals surface area (Å²) >= 11 is 0. The van der Waals surface area contributed by atoms with Crippen LogP contribution in [-0.2, 0) is 0 Å². The van der Waals surface area contributed by atoms with E-state index in [9.17, 15) is 0 Å². The van der Waals surface area contributed by atoms with Crippen LogP contribution in [0.4, 0.5) is 0 Å². The lowest BCUT2D eigenvalue weighted by atomic mass is 10.4. The summed E-state index contributed by atoms with van der Waals surface area (Å²) in [7, 11) is -1.35. The quantitative estimate of drug-likeness (QED) is 0.531. The predicted molar refractivity (Wildman–Crippen MR) is 72.3 cm³/mol. The van der Waals surface area contributed by atoms with Crippen molar-refractivity contribution >= 4 is 13.3 Å². The molecule has 0 heterocycles. The SMILES string of the molecule is C=C/C=C\[C@@H](C)[Si](C)(C)c1ccccc1. The summed E-state index contributed by atoms with van der Waals surface area (Å²) in [5, 5.41) is 1.52. The number of rotatable bonds is 4. The highest BCUT2D eigenvalue weighted by Crippen LogP contribution is 2.22. The summed E-state index contributed by atoms with van der Waals surface area (Å²) < 4.78 is 0. The second-order valence-electron chi connectivity index (χ2n) is 4.50. The van der Waals surface area contributed by atoms with E-state index in [0.29, 0.717) is 5.54 Å². The van der Waals surface area contributed by atoms with Gasteiger partial charge in [-0.1, -0.05) is 80.3 Å². The molecule has 0 spiro atoms. The molecular weight excluding hydrogens is 196 g/mol. The second kappa shape index (κ2) is 5.13. The third kappa shape index (κ3) is 2.93. The maximum Gasteiger partial charge on any atom is 0.0871 e. The lowest BCUT2D eigenvalue weighted by Crippen LogP contribution is -2.44. The van der Waals surface area contributed by atoms with Crippen LogP contribution in [0.3, 0.4) is 0 Å². The molecule has 0 aromatic heterocycles. The van der Waals surface area contributed by atoms with E-state index in [1.54, 1.807) is 0 Å². The van der Waals surface area contributed by atoms with Crippen LogP contribution in [0, 0.1) is 0 Å². The Labute approximate surface area is 94.4 Å². The van der Waals surface area contributed by atoms with Crippen molar-refractivity contribution in [1.82, 2.24) is 0 Å². The smallest absolute Gasteiger partial charge is 0.0871 e. The van der Waals surface area contributed by atoms with Crippen LogP contribution in [0.25, 0.3) is 0 Å². The molecule has 0 nitrogen and oxygen atoms in total. The number of hydrogen-bond donors (Lipinski definition) is 0. The van der Waals surface area contributed by atoms with Crippen LogP contribution in [0.1, 0.15) is 6.92 Å². The molecule has 0 aliphatic heterocycles. The number of benzene rings is 1. The lowest BCUT2D eigenvalue weighted by molar-refractivity contribution is 1.14. The van der Waals surface area contributed by atoms with E-state index < -0.39 is 8.07 Å². The topological polar surface area (TPSA) is 0 Å². The fraction of sp³-hybridized carbons (Fsp3) is 0.286. The Morgan fingerprint density at radius 2 is 1.80 bits per heavy atom. The molecule has 1 heteroatoms. The van der Waals surface area contributed by atoms with Crippen LogP contribution >= 0.6 is 0 Å². The summed E-state index contributed by atoms with van der Waals surface area (Å²) in [5.74, 6) is 0. The predicted octanol–water partition coefficient (Wildman–Crippen LogP) is 3.73. The third-order valence-electron chi connectivity index (χ3n) is 3.19. The number of hydrogen-bond acceptors (Lipinski definition) is 0. The average Bonchev–Trinajstić information content (AvgIpc) is 2.27. The van der Waals surface area contributed by atoms with Crippen molar-refractivity contribution < 1.29 is 0 Å². The molecule has 0 N–H and O–H groups in total. The molecule has 80 valence electrons. The Kier molecular flexibility index (Phi) is 4.10. The van der Waals surface area contributed by atoms with Crippen LogP contribution < -0.4 is 5.19 Å². The van der Waals surface area contributed by atoms with Crippen molar-refractivity contribution in [2.75, 3.05) is 0 Å². The molecule has 0 saturated heterocycles. The van der Waals surface area contributed by atoms with E-state index in [1.165, 1.54) is 5.19 Å². The molecule has 1 aromatic rings. The molecule has 0 fully saturated rings. The van der Waals surface area contributed by atoms with E-state index in [-0.39, 0.29) is 0 Å². The third-order valence-corrected chi connectivity index (χ3v) is 7.48. The minimum atomic E-state index is -1.35. The van der Waals surface area contributed by atoms with Gasteiger partial charge in [0.2, 0.25) is 0 Å². The normalized spacial score (nSPS) is 14.1. The van der Waals surface area contributed by atoms with E-state index in [4.69, 9.17) is 0 Å². The zero-order valence-electron chi connectivity index (χ0n) is 9.90. The highest BCUT2D eigenvalue weighted by Gasteiger charge is 2.28. The first-order valence-corrected chi connectivity index (χ1v) is 8.51. The van der Waals surface area contributed by atoms with Gasteiger partial charge in [-0.05, 0) is 5.54 Å². The van der Waals surface area contributed by atoms with Gasteiger partial charge in [-0.15, -0.1) is 0 Å². The van der Waals surface area contributed by atoms with Crippen LogP contribution in [0.5, 0.6) is 0 Å². The Morgan fingerprint density at radius 1 is 1.20 bits per heavy atom. The molecule has 1 rings (SSSR count). The molecular formula is C14H20Si. The van der Waals surface area contributed by atoms with Gasteiger partial charge in [0, 0.05) is 0 Å². The van der Waals surface area contributed by atoms with Gasteiger partial charge in [0.15, 0.2) is 0 Å². The Bertz CT molecular complexity index is 336. The zero-order valence-corrected chi connectivity index (χ0v) is 10.9. The van der Waals surface area contributed by atoms with Gasteiger partial charge in [0.25, 0.3) is 0 Å². The first kappa shape index (κ1) is 12.0. The van der Waals surface area contributed by atoms with Crippen molar-refractivity contribution in [3.8, 4) is 0 Å². The summed E-state index contributed by atoms with van der Waals surface area (Å²) in [6, 6.07) is 10.9. The Hall–Kier alpha value is -1.08. The fourth-order valence-electron chi connectivity index (χ4n) is 1.62. The van der Waals surface area contributed by atoms with Gasteiger partial charge >= 0.3 is 0 Å². The first-order chi connectivity index (χ1) is 7.09. The maximum atomic E-state index is 3.72. The Morgan fingerprint density at radius 3 is 2.33 bits per heavy atom. The highest BCUT2D eigenvalue weighted by molar-refractivity contribution is 6.91. The highest BCUT2D eigenvalue weighted by atomic mass is 28.3. The molecule has 1 atom stereocenters. The Balaban J connectivity index is 2.92. The van der Waals surface area contributed by atoms with Gasteiger partial charge in [-0.3, -0.25) is 0 Å². The molecule has 0 saturated carbocycles. The van der Waals surface area contributed by atoms with Crippen LogP contribution in [0.15, 0.2) is 55.1 Å². The molecule has 0 unspecified atom stereocenters. The van der Waals surface area contributed by atoms with E-state index in [0.717, 1.165) is 0 Å². The van der Waals surface area contributed by atoms with Gasteiger partial charge < -0.3 is 0 Å². The molecule has 0 aliphatic rings. The lowest BCUT2D eigenvalue weighted by Gasteiger charge is -2.28. The molecule has 0 aliphatic carbocycles. The standard InChI is InChI=1S/C14H20Si/c1-5-6-10-13(2)15(3,4)14-11-8-7-9-12-14/h5-13H,1H2,2-4H3/b10-6-/t13-/m1/s1. The minimum Gasteiger partial charge on any atom is -0.0991 e. The van der Waals surface area contributed by atoms with E-state index in [1.807, 2.05) is 6.08 Å². The fourth-order valence-corrected chi connectivity index (χ4v) is 3.79. The van der Waals surface area contributed by atoms with Gasteiger partial charge in [-0.25, -0.2) is 0 Å². The largest absolute Gasteiger partial charge is 0.0991 e. The zero-order chi connectivity index (χ0) is 11.3. The molecule has 1 aromatic carbocycles. The second-order valence-corrected chi connectivity index (χ2v) is 9.43.